The van der Waals surface area contributed by atoms with Crippen LogP contribution in [0.25, 0.3) is 0 Å². The molecule has 5 unspecified atom stereocenters. The average Bonchev–Trinajstić information content (AvgIpc) is 3.19. The lowest BCUT2D eigenvalue weighted by molar-refractivity contribution is 0.246. The first kappa shape index (κ1) is 14.1. The van der Waals surface area contributed by atoms with Crippen LogP contribution in [0.2, 0.25) is 0 Å². The van der Waals surface area contributed by atoms with Crippen LogP contribution < -0.4 is 11.3 Å². The predicted molar refractivity (Wildman–Crippen MR) is 81.0 cm³/mol. The van der Waals surface area contributed by atoms with E-state index in [1.165, 1.54) is 31.4 Å². The molecule has 0 radical (unpaired) electrons. The maximum absolute atomic E-state index is 5.84. The molecule has 3 rings (SSSR count). The van der Waals surface area contributed by atoms with E-state index in [1.807, 2.05) is 0 Å². The van der Waals surface area contributed by atoms with Gasteiger partial charge in [-0.05, 0) is 56.4 Å². The molecule has 2 aliphatic carbocycles. The van der Waals surface area contributed by atoms with Gasteiger partial charge < -0.3 is 0 Å². The van der Waals surface area contributed by atoms with Gasteiger partial charge in [-0.25, -0.2) is 0 Å². The topological polar surface area (TPSA) is 55.9 Å². The Bertz CT molecular complexity index is 441. The van der Waals surface area contributed by atoms with Crippen LogP contribution in [0.5, 0.6) is 0 Å². The third-order valence-electron chi connectivity index (χ3n) is 5.66. The monoisotopic (exact) mass is 276 g/mol. The minimum atomic E-state index is 0.394. The Morgan fingerprint density at radius 3 is 2.90 bits per heavy atom. The van der Waals surface area contributed by atoms with Crippen LogP contribution in [0.4, 0.5) is 0 Å². The van der Waals surface area contributed by atoms with E-state index in [2.05, 4.69) is 36.2 Å². The van der Waals surface area contributed by atoms with Crippen LogP contribution >= 0.6 is 0 Å². The fourth-order valence-corrected chi connectivity index (χ4v) is 4.26. The number of nitrogens with zero attached hydrogens (tertiary/aromatic N) is 2. The van der Waals surface area contributed by atoms with Crippen LogP contribution in [-0.2, 0) is 6.42 Å². The third kappa shape index (κ3) is 2.63. The molecule has 20 heavy (non-hydrogen) atoms. The molecule has 1 heterocycles. The van der Waals surface area contributed by atoms with Gasteiger partial charge in [-0.2, -0.15) is 5.10 Å². The average molecular weight is 276 g/mol. The molecule has 3 N–H and O–H groups in total. The molecule has 0 spiro atoms. The van der Waals surface area contributed by atoms with Gasteiger partial charge in [0.25, 0.3) is 0 Å². The number of nitrogens with two attached hydrogens (primary N) is 1. The molecule has 0 aliphatic heterocycles. The largest absolute Gasteiger partial charge is 0.271 e. The van der Waals surface area contributed by atoms with Crippen molar-refractivity contribution in [3.05, 3.63) is 18.0 Å². The van der Waals surface area contributed by atoms with E-state index in [0.717, 1.165) is 30.6 Å². The van der Waals surface area contributed by atoms with Crippen molar-refractivity contribution >= 4 is 0 Å². The highest BCUT2D eigenvalue weighted by molar-refractivity contribution is 5.05. The first-order valence-corrected chi connectivity index (χ1v) is 8.21. The number of fused-ring (bicyclic) bond motifs is 2. The highest BCUT2D eigenvalue weighted by Crippen LogP contribution is 2.49. The van der Waals surface area contributed by atoms with Crippen LogP contribution in [-0.4, -0.2) is 15.8 Å². The molecule has 4 nitrogen and oxygen atoms in total. The highest BCUT2D eigenvalue weighted by atomic mass is 15.3. The maximum atomic E-state index is 5.84. The number of aromatic nitrogens is 2. The molecule has 0 amide bonds. The molecule has 2 fully saturated rings. The van der Waals surface area contributed by atoms with Crippen molar-refractivity contribution in [1.82, 2.24) is 15.2 Å². The zero-order valence-electron chi connectivity index (χ0n) is 12.8. The summed E-state index contributed by atoms with van der Waals surface area (Å²) in [4.78, 5) is 0. The summed E-state index contributed by atoms with van der Waals surface area (Å²) in [6.45, 7) is 4.41. The molecule has 2 saturated carbocycles. The Balaban J connectivity index is 1.64. The molecular weight excluding hydrogens is 248 g/mol. The van der Waals surface area contributed by atoms with E-state index in [4.69, 9.17) is 10.9 Å². The molecule has 5 atom stereocenters. The Morgan fingerprint density at radius 2 is 2.30 bits per heavy atom. The first-order valence-electron chi connectivity index (χ1n) is 8.21. The summed E-state index contributed by atoms with van der Waals surface area (Å²) in [7, 11) is 0. The molecule has 4 heteroatoms. The van der Waals surface area contributed by atoms with Crippen LogP contribution in [0.3, 0.4) is 0 Å². The zero-order chi connectivity index (χ0) is 14.1. The first-order chi connectivity index (χ1) is 9.71. The van der Waals surface area contributed by atoms with Crippen molar-refractivity contribution in [3.63, 3.8) is 0 Å². The fraction of sp³-hybridized carbons (Fsp3) is 0.812. The Labute approximate surface area is 122 Å². The highest BCUT2D eigenvalue weighted by Gasteiger charge is 2.42. The van der Waals surface area contributed by atoms with Crippen LogP contribution in [0.15, 0.2) is 12.3 Å². The van der Waals surface area contributed by atoms with Crippen molar-refractivity contribution in [2.75, 3.05) is 0 Å². The normalized spacial score (nSPS) is 31.6. The summed E-state index contributed by atoms with van der Waals surface area (Å²) >= 11 is 0. The van der Waals surface area contributed by atoms with Crippen molar-refractivity contribution in [2.45, 2.75) is 64.5 Å². The number of hydrazine groups is 1. The summed E-state index contributed by atoms with van der Waals surface area (Å²) in [5.74, 6) is 8.47. The van der Waals surface area contributed by atoms with Gasteiger partial charge in [-0.15, -0.1) is 0 Å². The number of rotatable bonds is 6. The van der Waals surface area contributed by atoms with Gasteiger partial charge in [0.1, 0.15) is 0 Å². The van der Waals surface area contributed by atoms with E-state index >= 15 is 0 Å². The summed E-state index contributed by atoms with van der Waals surface area (Å²) in [6.07, 6.45) is 9.85. The Kier molecular flexibility index (Phi) is 4.13. The summed E-state index contributed by atoms with van der Waals surface area (Å²) in [5.41, 5.74) is 4.26. The van der Waals surface area contributed by atoms with Crippen molar-refractivity contribution in [2.24, 2.45) is 23.6 Å². The van der Waals surface area contributed by atoms with Crippen LogP contribution in [0.1, 0.15) is 57.7 Å². The fourth-order valence-electron chi connectivity index (χ4n) is 4.26. The Hall–Kier alpha value is -0.870. The zero-order valence-corrected chi connectivity index (χ0v) is 12.8. The smallest absolute Gasteiger partial charge is 0.0640 e. The second-order valence-corrected chi connectivity index (χ2v) is 6.86. The van der Waals surface area contributed by atoms with Gasteiger partial charge in [0.05, 0.1) is 5.69 Å². The second-order valence-electron chi connectivity index (χ2n) is 6.86. The SMILES string of the molecule is CCC(C)n1ccc(CC(NN)C2CC3CCC2C3)n1. The summed E-state index contributed by atoms with van der Waals surface area (Å²) in [5, 5.41) is 4.72. The van der Waals surface area contributed by atoms with E-state index in [0.29, 0.717) is 12.1 Å². The minimum absolute atomic E-state index is 0.394. The molecular formula is C16H28N4. The van der Waals surface area contributed by atoms with E-state index in [1.54, 1.807) is 0 Å². The van der Waals surface area contributed by atoms with Crippen molar-refractivity contribution < 1.29 is 0 Å². The number of nitrogens with one attached hydrogen (secondary N) is 1. The van der Waals surface area contributed by atoms with Gasteiger partial charge in [0.2, 0.25) is 0 Å². The molecule has 0 saturated heterocycles. The molecule has 1 aromatic rings. The van der Waals surface area contributed by atoms with Gasteiger partial charge in [-0.1, -0.05) is 13.3 Å². The number of hydrogen-bond donors (Lipinski definition) is 2. The lowest BCUT2D eigenvalue weighted by Crippen LogP contribution is -2.44. The third-order valence-corrected chi connectivity index (χ3v) is 5.66. The van der Waals surface area contributed by atoms with Gasteiger partial charge in [0.15, 0.2) is 0 Å². The molecule has 2 aliphatic rings. The predicted octanol–water partition coefficient (Wildman–Crippen LogP) is 2.66. The maximum Gasteiger partial charge on any atom is 0.0640 e. The quantitative estimate of drug-likeness (QED) is 0.620. The van der Waals surface area contributed by atoms with Gasteiger partial charge in [-0.3, -0.25) is 16.0 Å². The molecule has 0 aromatic carbocycles. The molecule has 112 valence electrons. The van der Waals surface area contributed by atoms with Crippen molar-refractivity contribution in [3.8, 4) is 0 Å². The van der Waals surface area contributed by atoms with Crippen molar-refractivity contribution in [1.29, 1.82) is 0 Å². The minimum Gasteiger partial charge on any atom is -0.271 e. The van der Waals surface area contributed by atoms with E-state index in [-0.39, 0.29) is 0 Å². The van der Waals surface area contributed by atoms with E-state index < -0.39 is 0 Å². The summed E-state index contributed by atoms with van der Waals surface area (Å²) in [6, 6.07) is 3.03. The standard InChI is InChI=1S/C16H28N4/c1-3-11(2)20-7-6-14(19-20)10-16(18-17)15-9-12-4-5-13(15)8-12/h6-7,11-13,15-16,18H,3-5,8-10,17H2,1-2H3. The second kappa shape index (κ2) is 5.86. The molecule has 1 aromatic heterocycles. The molecule has 2 bridgehead atoms. The number of hydrogen-bond acceptors (Lipinski definition) is 3. The summed E-state index contributed by atoms with van der Waals surface area (Å²) < 4.78 is 2.09. The lowest BCUT2D eigenvalue weighted by Gasteiger charge is -2.29. The van der Waals surface area contributed by atoms with Crippen LogP contribution in [0, 0.1) is 17.8 Å². The van der Waals surface area contributed by atoms with Gasteiger partial charge in [0, 0.05) is 24.7 Å². The van der Waals surface area contributed by atoms with E-state index in [9.17, 15) is 0 Å². The Morgan fingerprint density at radius 1 is 1.45 bits per heavy atom. The lowest BCUT2D eigenvalue weighted by atomic mass is 9.82. The van der Waals surface area contributed by atoms with Gasteiger partial charge >= 0.3 is 0 Å².